The van der Waals surface area contributed by atoms with Crippen molar-refractivity contribution in [3.05, 3.63) is 61.0 Å². The molecule has 2 heterocycles. The van der Waals surface area contributed by atoms with Crippen molar-refractivity contribution in [1.82, 2.24) is 9.71 Å². The molecule has 0 fully saturated rings. The standard InChI is InChI=1S/C14H10BrN3O5/c1-22-17-6-11(15)13-10(14(17)19)5-8-3-2-4-9(12(8)16-13)7-23-18(20)21/h2-6H,7H2,1H3. The Kier molecular flexibility index (Phi) is 3.87. The molecular weight excluding hydrogens is 370 g/mol. The van der Waals surface area contributed by atoms with Gasteiger partial charge in [-0.25, -0.2) is 4.98 Å². The van der Waals surface area contributed by atoms with Crippen LogP contribution in [0.3, 0.4) is 0 Å². The lowest BCUT2D eigenvalue weighted by atomic mass is 10.1. The first-order chi connectivity index (χ1) is 11.0. The zero-order chi connectivity index (χ0) is 16.6. The Bertz CT molecular complexity index is 985. The Labute approximate surface area is 137 Å². The molecule has 0 bridgehead atoms. The molecule has 0 atom stereocenters. The van der Waals surface area contributed by atoms with Gasteiger partial charge >= 0.3 is 0 Å². The Morgan fingerprint density at radius 3 is 2.87 bits per heavy atom. The number of fused-ring (bicyclic) bond motifs is 2. The summed E-state index contributed by atoms with van der Waals surface area (Å²) < 4.78 is 1.67. The maximum atomic E-state index is 12.3. The van der Waals surface area contributed by atoms with E-state index in [0.717, 1.165) is 4.73 Å². The minimum atomic E-state index is -0.854. The third-order valence-electron chi connectivity index (χ3n) is 3.34. The first kappa shape index (κ1) is 15.2. The molecule has 3 rings (SSSR count). The summed E-state index contributed by atoms with van der Waals surface area (Å²) in [5.74, 6) is 0. The van der Waals surface area contributed by atoms with Gasteiger partial charge in [0.25, 0.3) is 10.6 Å². The van der Waals surface area contributed by atoms with Gasteiger partial charge in [-0.15, -0.1) is 10.1 Å². The second-order valence-corrected chi connectivity index (χ2v) is 5.52. The SMILES string of the molecule is COn1cc(Br)c2nc3c(CO[N+](=O)[O-])cccc3cc2c1=O. The van der Waals surface area contributed by atoms with E-state index in [2.05, 4.69) is 25.8 Å². The molecular formula is C14H10BrN3O5. The van der Waals surface area contributed by atoms with E-state index in [1.165, 1.54) is 13.3 Å². The topological polar surface area (TPSA) is 96.5 Å². The van der Waals surface area contributed by atoms with Crippen molar-refractivity contribution < 1.29 is 14.8 Å². The summed E-state index contributed by atoms with van der Waals surface area (Å²) in [7, 11) is 1.39. The number of hydrogen-bond donors (Lipinski definition) is 0. The van der Waals surface area contributed by atoms with Crippen LogP contribution in [0.5, 0.6) is 0 Å². The Hall–Kier alpha value is -2.68. The molecule has 8 nitrogen and oxygen atoms in total. The van der Waals surface area contributed by atoms with Crippen LogP contribution in [-0.4, -0.2) is 21.9 Å². The fourth-order valence-electron chi connectivity index (χ4n) is 2.32. The number of rotatable bonds is 4. The highest BCUT2D eigenvalue weighted by Gasteiger charge is 2.13. The van der Waals surface area contributed by atoms with Crippen LogP contribution in [0.1, 0.15) is 5.56 Å². The average molecular weight is 380 g/mol. The van der Waals surface area contributed by atoms with Gasteiger partial charge in [0, 0.05) is 10.9 Å². The summed E-state index contributed by atoms with van der Waals surface area (Å²) >= 11 is 3.35. The second-order valence-electron chi connectivity index (χ2n) is 4.66. The summed E-state index contributed by atoms with van der Waals surface area (Å²) in [5.41, 5.74) is 1.21. The molecule has 1 aromatic carbocycles. The van der Waals surface area contributed by atoms with Crippen molar-refractivity contribution in [3.8, 4) is 0 Å². The molecule has 9 heteroatoms. The van der Waals surface area contributed by atoms with Crippen LogP contribution < -0.4 is 10.4 Å². The molecule has 0 unspecified atom stereocenters. The van der Waals surface area contributed by atoms with Gasteiger partial charge in [0.1, 0.15) is 13.7 Å². The van der Waals surface area contributed by atoms with Crippen molar-refractivity contribution in [1.29, 1.82) is 0 Å². The number of hydrogen-bond acceptors (Lipinski definition) is 6. The molecule has 0 aliphatic heterocycles. The van der Waals surface area contributed by atoms with Gasteiger partial charge in [0.05, 0.1) is 27.1 Å². The number of aromatic nitrogens is 2. The molecule has 0 spiro atoms. The highest BCUT2D eigenvalue weighted by Crippen LogP contribution is 2.25. The number of para-hydroxylation sites is 1. The van der Waals surface area contributed by atoms with Gasteiger partial charge in [0.2, 0.25) is 0 Å². The number of halogens is 1. The van der Waals surface area contributed by atoms with E-state index in [4.69, 9.17) is 4.84 Å². The summed E-state index contributed by atoms with van der Waals surface area (Å²) in [5, 5.41) is 10.6. The largest absolute Gasteiger partial charge is 0.414 e. The zero-order valence-corrected chi connectivity index (χ0v) is 13.4. The quantitative estimate of drug-likeness (QED) is 0.391. The van der Waals surface area contributed by atoms with Crippen LogP contribution in [-0.2, 0) is 11.4 Å². The summed E-state index contributed by atoms with van der Waals surface area (Å²) in [6, 6.07) is 6.86. The van der Waals surface area contributed by atoms with Gasteiger partial charge in [-0.1, -0.05) is 18.2 Å². The van der Waals surface area contributed by atoms with Crippen molar-refractivity contribution in [2.75, 3.05) is 7.11 Å². The van der Waals surface area contributed by atoms with E-state index < -0.39 is 5.09 Å². The summed E-state index contributed by atoms with van der Waals surface area (Å²) in [6.45, 7) is -0.213. The highest BCUT2D eigenvalue weighted by atomic mass is 79.9. The van der Waals surface area contributed by atoms with Gasteiger partial charge < -0.3 is 9.68 Å². The molecule has 0 radical (unpaired) electrons. The van der Waals surface area contributed by atoms with E-state index in [-0.39, 0.29) is 12.2 Å². The summed E-state index contributed by atoms with van der Waals surface area (Å²) in [6.07, 6.45) is 1.47. The van der Waals surface area contributed by atoms with Gasteiger partial charge in [-0.3, -0.25) is 4.79 Å². The predicted octanol–water partition coefficient (Wildman–Crippen LogP) is 2.08. The van der Waals surface area contributed by atoms with Crippen LogP contribution in [0.15, 0.2) is 39.7 Å². The van der Waals surface area contributed by atoms with E-state index in [9.17, 15) is 14.9 Å². The smallest absolute Gasteiger partial charge is 0.294 e. The third kappa shape index (κ3) is 2.70. The minimum absolute atomic E-state index is 0.213. The van der Waals surface area contributed by atoms with Gasteiger partial charge in [0.15, 0.2) is 0 Å². The highest BCUT2D eigenvalue weighted by molar-refractivity contribution is 9.10. The van der Waals surface area contributed by atoms with E-state index in [1.54, 1.807) is 24.3 Å². The normalized spacial score (nSPS) is 10.9. The van der Waals surface area contributed by atoms with Crippen molar-refractivity contribution in [2.45, 2.75) is 6.61 Å². The lowest BCUT2D eigenvalue weighted by molar-refractivity contribution is -0.762. The maximum Gasteiger partial charge on any atom is 0.294 e. The van der Waals surface area contributed by atoms with Crippen LogP contribution >= 0.6 is 15.9 Å². The predicted molar refractivity (Wildman–Crippen MR) is 85.5 cm³/mol. The van der Waals surface area contributed by atoms with Gasteiger partial charge in [-0.05, 0) is 22.0 Å². The molecule has 118 valence electrons. The van der Waals surface area contributed by atoms with Crippen molar-refractivity contribution >= 4 is 37.7 Å². The Balaban J connectivity index is 2.29. The Morgan fingerprint density at radius 1 is 1.39 bits per heavy atom. The number of benzene rings is 1. The molecule has 0 amide bonds. The zero-order valence-electron chi connectivity index (χ0n) is 11.9. The monoisotopic (exact) mass is 379 g/mol. The fraction of sp³-hybridized carbons (Fsp3) is 0.143. The minimum Gasteiger partial charge on any atom is -0.414 e. The fourth-order valence-corrected chi connectivity index (χ4v) is 2.81. The second kappa shape index (κ2) is 5.84. The lowest BCUT2D eigenvalue weighted by Gasteiger charge is -2.10. The van der Waals surface area contributed by atoms with Crippen LogP contribution in [0.2, 0.25) is 0 Å². The van der Waals surface area contributed by atoms with E-state index >= 15 is 0 Å². The molecule has 0 N–H and O–H groups in total. The first-order valence-electron chi connectivity index (χ1n) is 6.46. The molecule has 23 heavy (non-hydrogen) atoms. The maximum absolute atomic E-state index is 12.3. The van der Waals surface area contributed by atoms with E-state index in [1.807, 2.05) is 0 Å². The molecule has 0 saturated carbocycles. The molecule has 0 aliphatic rings. The first-order valence-corrected chi connectivity index (χ1v) is 7.26. The van der Waals surface area contributed by atoms with Crippen LogP contribution in [0.25, 0.3) is 21.8 Å². The van der Waals surface area contributed by atoms with Crippen LogP contribution in [0.4, 0.5) is 0 Å². The molecule has 3 aromatic rings. The molecule has 0 aliphatic carbocycles. The van der Waals surface area contributed by atoms with Gasteiger partial charge in [-0.2, -0.15) is 4.73 Å². The third-order valence-corrected chi connectivity index (χ3v) is 3.92. The lowest BCUT2D eigenvalue weighted by Crippen LogP contribution is -2.24. The Morgan fingerprint density at radius 2 is 2.17 bits per heavy atom. The summed E-state index contributed by atoms with van der Waals surface area (Å²) in [4.78, 5) is 36.6. The van der Waals surface area contributed by atoms with Crippen molar-refractivity contribution in [2.24, 2.45) is 0 Å². The van der Waals surface area contributed by atoms with Crippen molar-refractivity contribution in [3.63, 3.8) is 0 Å². The van der Waals surface area contributed by atoms with E-state index in [0.29, 0.717) is 31.8 Å². The number of nitrogens with zero attached hydrogens (tertiary/aromatic N) is 3. The molecule has 2 aromatic heterocycles. The molecule has 0 saturated heterocycles. The average Bonchev–Trinajstić information content (AvgIpc) is 2.54. The number of pyridine rings is 2. The van der Waals surface area contributed by atoms with Crippen LogP contribution in [0, 0.1) is 10.1 Å².